The molecule has 5 nitrogen and oxygen atoms in total. The van der Waals surface area contributed by atoms with E-state index in [2.05, 4.69) is 15.0 Å². The molecule has 1 rings (SSSR count). The minimum atomic E-state index is -0.434. The summed E-state index contributed by atoms with van der Waals surface area (Å²) >= 11 is 0. The molecule has 0 unspecified atom stereocenters. The number of carbonyl (C=O) groups is 1. The van der Waals surface area contributed by atoms with Crippen molar-refractivity contribution in [3.05, 3.63) is 17.8 Å². The van der Waals surface area contributed by atoms with Crippen LogP contribution < -0.4 is 11.1 Å². The summed E-state index contributed by atoms with van der Waals surface area (Å²) in [7, 11) is 1.32. The van der Waals surface area contributed by atoms with E-state index in [1.165, 1.54) is 13.3 Å². The van der Waals surface area contributed by atoms with Gasteiger partial charge in [-0.15, -0.1) is 0 Å². The summed E-state index contributed by atoms with van der Waals surface area (Å²) in [5, 5.41) is 3.06. The molecule has 1 aromatic heterocycles. The summed E-state index contributed by atoms with van der Waals surface area (Å²) in [5.74, 6) is 0.167. The van der Waals surface area contributed by atoms with E-state index < -0.39 is 5.97 Å². The van der Waals surface area contributed by atoms with Gasteiger partial charge in [0.05, 0.1) is 18.4 Å². The molecular formula is C10H15N3O2. The van der Waals surface area contributed by atoms with Crippen LogP contribution in [0.15, 0.2) is 12.3 Å². The average molecular weight is 209 g/mol. The average Bonchev–Trinajstić information content (AvgIpc) is 2.26. The lowest BCUT2D eigenvalue weighted by Crippen LogP contribution is -2.08. The first-order chi connectivity index (χ1) is 7.19. The third kappa shape index (κ3) is 2.83. The van der Waals surface area contributed by atoms with Crippen LogP contribution in [0.1, 0.15) is 23.7 Å². The van der Waals surface area contributed by atoms with Crippen molar-refractivity contribution in [1.82, 2.24) is 4.98 Å². The standard InChI is InChI=1S/C10H15N3O2/c1-3-4-12-9-8(11)5-7(6-13-9)10(14)15-2/h5-6H,3-4,11H2,1-2H3,(H,12,13). The Morgan fingerprint density at radius 2 is 2.40 bits per heavy atom. The molecule has 0 aliphatic carbocycles. The fraction of sp³-hybridized carbons (Fsp3) is 0.400. The highest BCUT2D eigenvalue weighted by atomic mass is 16.5. The minimum absolute atomic E-state index is 0.358. The number of nitrogens with zero attached hydrogens (tertiary/aromatic N) is 1. The van der Waals surface area contributed by atoms with Gasteiger partial charge in [0.2, 0.25) is 0 Å². The molecule has 82 valence electrons. The fourth-order valence-electron chi connectivity index (χ4n) is 1.10. The maximum atomic E-state index is 11.2. The van der Waals surface area contributed by atoms with E-state index in [1.807, 2.05) is 6.92 Å². The SMILES string of the molecule is CCCNc1ncc(C(=O)OC)cc1N. The molecule has 3 N–H and O–H groups in total. The molecule has 0 aliphatic heterocycles. The van der Waals surface area contributed by atoms with Crippen LogP contribution in [0.3, 0.4) is 0 Å². The Kier molecular flexibility index (Phi) is 3.91. The molecule has 0 spiro atoms. The van der Waals surface area contributed by atoms with Crippen LogP contribution in [-0.4, -0.2) is 24.6 Å². The van der Waals surface area contributed by atoms with Crippen molar-refractivity contribution in [1.29, 1.82) is 0 Å². The highest BCUT2D eigenvalue weighted by Gasteiger charge is 2.08. The first kappa shape index (κ1) is 11.3. The lowest BCUT2D eigenvalue weighted by molar-refractivity contribution is 0.0600. The molecule has 0 bridgehead atoms. The lowest BCUT2D eigenvalue weighted by atomic mass is 10.2. The predicted octanol–water partition coefficient (Wildman–Crippen LogP) is 1.27. The zero-order valence-electron chi connectivity index (χ0n) is 8.91. The second kappa shape index (κ2) is 5.19. The minimum Gasteiger partial charge on any atom is -0.465 e. The van der Waals surface area contributed by atoms with Crippen LogP contribution in [0.25, 0.3) is 0 Å². The largest absolute Gasteiger partial charge is 0.465 e. The van der Waals surface area contributed by atoms with Gasteiger partial charge in [0.15, 0.2) is 0 Å². The third-order valence-corrected chi connectivity index (χ3v) is 1.88. The van der Waals surface area contributed by atoms with Gasteiger partial charge in [-0.25, -0.2) is 9.78 Å². The maximum Gasteiger partial charge on any atom is 0.339 e. The van der Waals surface area contributed by atoms with Crippen LogP contribution in [0, 0.1) is 0 Å². The Balaban J connectivity index is 2.83. The molecule has 0 amide bonds. The number of methoxy groups -OCH3 is 1. The maximum absolute atomic E-state index is 11.2. The molecule has 1 aromatic rings. The van der Waals surface area contributed by atoms with E-state index in [4.69, 9.17) is 5.73 Å². The third-order valence-electron chi connectivity index (χ3n) is 1.88. The number of pyridine rings is 1. The Morgan fingerprint density at radius 3 is 2.93 bits per heavy atom. The summed E-state index contributed by atoms with van der Waals surface area (Å²) in [6.45, 7) is 2.85. The Labute approximate surface area is 88.6 Å². The van der Waals surface area contributed by atoms with E-state index in [9.17, 15) is 4.79 Å². The zero-order chi connectivity index (χ0) is 11.3. The van der Waals surface area contributed by atoms with Crippen molar-refractivity contribution in [2.75, 3.05) is 24.7 Å². The second-order valence-electron chi connectivity index (χ2n) is 3.08. The van der Waals surface area contributed by atoms with E-state index in [0.717, 1.165) is 13.0 Å². The number of nitrogen functional groups attached to an aromatic ring is 1. The van der Waals surface area contributed by atoms with Crippen molar-refractivity contribution in [2.45, 2.75) is 13.3 Å². The lowest BCUT2D eigenvalue weighted by Gasteiger charge is -2.07. The number of nitrogens with two attached hydrogens (primary N) is 1. The zero-order valence-corrected chi connectivity index (χ0v) is 8.91. The highest BCUT2D eigenvalue weighted by Crippen LogP contribution is 2.16. The first-order valence-corrected chi connectivity index (χ1v) is 4.76. The molecule has 15 heavy (non-hydrogen) atoms. The number of rotatable bonds is 4. The number of hydrogen-bond donors (Lipinski definition) is 2. The van der Waals surface area contributed by atoms with Crippen LogP contribution in [0.5, 0.6) is 0 Å². The molecule has 0 fully saturated rings. The predicted molar refractivity (Wildman–Crippen MR) is 58.8 cm³/mol. The van der Waals surface area contributed by atoms with Gasteiger partial charge in [-0.2, -0.15) is 0 Å². The molecule has 0 radical (unpaired) electrons. The first-order valence-electron chi connectivity index (χ1n) is 4.76. The summed E-state index contributed by atoms with van der Waals surface area (Å²) in [5.41, 5.74) is 6.53. The molecule has 0 saturated heterocycles. The molecule has 0 saturated carbocycles. The topological polar surface area (TPSA) is 77.2 Å². The van der Waals surface area contributed by atoms with Crippen molar-refractivity contribution in [3.8, 4) is 0 Å². The molecule has 0 aliphatic rings. The van der Waals surface area contributed by atoms with Crippen LogP contribution >= 0.6 is 0 Å². The molecule has 1 heterocycles. The van der Waals surface area contributed by atoms with Crippen molar-refractivity contribution < 1.29 is 9.53 Å². The summed E-state index contributed by atoms with van der Waals surface area (Å²) < 4.78 is 4.56. The van der Waals surface area contributed by atoms with E-state index >= 15 is 0 Å². The van der Waals surface area contributed by atoms with Gasteiger partial charge in [0, 0.05) is 12.7 Å². The Bertz CT molecular complexity index is 353. The van der Waals surface area contributed by atoms with E-state index in [-0.39, 0.29) is 0 Å². The molecule has 5 heteroatoms. The van der Waals surface area contributed by atoms with E-state index in [0.29, 0.717) is 17.1 Å². The number of carbonyl (C=O) groups excluding carboxylic acids is 1. The smallest absolute Gasteiger partial charge is 0.339 e. The van der Waals surface area contributed by atoms with Crippen LogP contribution in [-0.2, 0) is 4.74 Å². The van der Waals surface area contributed by atoms with Crippen LogP contribution in [0.4, 0.5) is 11.5 Å². The Morgan fingerprint density at radius 1 is 1.67 bits per heavy atom. The number of aromatic nitrogens is 1. The number of anilines is 2. The number of nitrogens with one attached hydrogen (secondary N) is 1. The highest BCUT2D eigenvalue weighted by molar-refractivity contribution is 5.90. The van der Waals surface area contributed by atoms with Gasteiger partial charge < -0.3 is 15.8 Å². The number of ether oxygens (including phenoxy) is 1. The van der Waals surface area contributed by atoms with Gasteiger partial charge in [-0.3, -0.25) is 0 Å². The molecular weight excluding hydrogens is 194 g/mol. The van der Waals surface area contributed by atoms with Gasteiger partial charge >= 0.3 is 5.97 Å². The monoisotopic (exact) mass is 209 g/mol. The number of esters is 1. The normalized spacial score (nSPS) is 9.73. The van der Waals surface area contributed by atoms with Crippen molar-refractivity contribution in [3.63, 3.8) is 0 Å². The van der Waals surface area contributed by atoms with Gasteiger partial charge in [-0.1, -0.05) is 6.92 Å². The summed E-state index contributed by atoms with van der Waals surface area (Å²) in [6.07, 6.45) is 2.43. The van der Waals surface area contributed by atoms with Gasteiger partial charge in [0.25, 0.3) is 0 Å². The fourth-order valence-corrected chi connectivity index (χ4v) is 1.10. The van der Waals surface area contributed by atoms with Crippen molar-refractivity contribution in [2.24, 2.45) is 0 Å². The molecule has 0 atom stereocenters. The van der Waals surface area contributed by atoms with E-state index in [1.54, 1.807) is 6.07 Å². The summed E-state index contributed by atoms with van der Waals surface area (Å²) in [4.78, 5) is 15.2. The van der Waals surface area contributed by atoms with Crippen LogP contribution in [0.2, 0.25) is 0 Å². The molecule has 0 aromatic carbocycles. The van der Waals surface area contributed by atoms with Gasteiger partial charge in [-0.05, 0) is 12.5 Å². The van der Waals surface area contributed by atoms with Gasteiger partial charge in [0.1, 0.15) is 5.82 Å². The Hall–Kier alpha value is -1.78. The number of hydrogen-bond acceptors (Lipinski definition) is 5. The summed E-state index contributed by atoms with van der Waals surface area (Å²) in [6, 6.07) is 1.55. The quantitative estimate of drug-likeness (QED) is 0.730. The van der Waals surface area contributed by atoms with Crippen molar-refractivity contribution >= 4 is 17.5 Å². The second-order valence-corrected chi connectivity index (χ2v) is 3.08.